The maximum Gasteiger partial charge on any atom is 0.345 e. The average Bonchev–Trinajstić information content (AvgIpc) is 2.81. The van der Waals surface area contributed by atoms with Gasteiger partial charge in [-0.15, -0.1) is 11.3 Å². The van der Waals surface area contributed by atoms with Crippen LogP contribution < -0.4 is 5.32 Å². The van der Waals surface area contributed by atoms with Crippen molar-refractivity contribution in [3.8, 4) is 0 Å². The van der Waals surface area contributed by atoms with Gasteiger partial charge in [-0.05, 0) is 25.1 Å². The van der Waals surface area contributed by atoms with Crippen molar-refractivity contribution in [2.75, 3.05) is 25.9 Å². The summed E-state index contributed by atoms with van der Waals surface area (Å²) in [6.07, 6.45) is 1.93. The number of hydrogen-bond donors (Lipinski definition) is 2. The van der Waals surface area contributed by atoms with Gasteiger partial charge in [-0.1, -0.05) is 6.92 Å². The molecule has 20 heavy (non-hydrogen) atoms. The molecule has 0 atom stereocenters. The van der Waals surface area contributed by atoms with E-state index < -0.39 is 16.0 Å². The number of nitrogens with zero attached hydrogens (tertiary/aromatic N) is 1. The normalized spacial score (nSPS) is 11.9. The molecule has 8 heteroatoms. The zero-order valence-electron chi connectivity index (χ0n) is 11.6. The fourth-order valence-electron chi connectivity index (χ4n) is 1.74. The van der Waals surface area contributed by atoms with Crippen LogP contribution in [-0.4, -0.2) is 49.7 Å². The van der Waals surface area contributed by atoms with E-state index in [0.717, 1.165) is 11.3 Å². The highest BCUT2D eigenvalue weighted by Gasteiger charge is 2.13. The first-order valence-electron chi connectivity index (χ1n) is 6.32. The monoisotopic (exact) mass is 320 g/mol. The Hall–Kier alpha value is -0.960. The molecular formula is C12H20N2O4S2. The van der Waals surface area contributed by atoms with Gasteiger partial charge in [-0.2, -0.15) is 0 Å². The van der Waals surface area contributed by atoms with E-state index in [9.17, 15) is 13.2 Å². The van der Waals surface area contributed by atoms with E-state index in [4.69, 9.17) is 5.11 Å². The van der Waals surface area contributed by atoms with E-state index in [1.807, 2.05) is 6.92 Å². The Labute approximate surface area is 123 Å². The average molecular weight is 320 g/mol. The van der Waals surface area contributed by atoms with Crippen LogP contribution in [0.5, 0.6) is 0 Å². The molecule has 1 aromatic rings. The molecule has 0 radical (unpaired) electrons. The number of carboxylic acids is 1. The van der Waals surface area contributed by atoms with E-state index in [-0.39, 0.29) is 0 Å². The first-order chi connectivity index (χ1) is 9.34. The van der Waals surface area contributed by atoms with Crippen molar-refractivity contribution in [1.82, 2.24) is 9.62 Å². The second-order valence-corrected chi connectivity index (χ2v) is 7.51. The Morgan fingerprint density at radius 3 is 2.65 bits per heavy atom. The van der Waals surface area contributed by atoms with Crippen LogP contribution in [-0.2, 0) is 16.6 Å². The molecule has 0 saturated heterocycles. The molecule has 0 saturated carbocycles. The van der Waals surface area contributed by atoms with Crippen molar-refractivity contribution in [3.05, 3.63) is 21.9 Å². The van der Waals surface area contributed by atoms with Crippen LogP contribution in [0.3, 0.4) is 0 Å². The minimum Gasteiger partial charge on any atom is -0.477 e. The number of hydrogen-bond acceptors (Lipinski definition) is 5. The van der Waals surface area contributed by atoms with Gasteiger partial charge >= 0.3 is 5.97 Å². The highest BCUT2D eigenvalue weighted by Crippen LogP contribution is 2.15. The third-order valence-electron chi connectivity index (χ3n) is 2.75. The van der Waals surface area contributed by atoms with Crippen molar-refractivity contribution in [3.63, 3.8) is 0 Å². The maximum absolute atomic E-state index is 11.4. The molecule has 0 aliphatic heterocycles. The predicted molar refractivity (Wildman–Crippen MR) is 79.7 cm³/mol. The Bertz CT molecular complexity index is 539. The van der Waals surface area contributed by atoms with Gasteiger partial charge in [0.25, 0.3) is 0 Å². The van der Waals surface area contributed by atoms with Crippen LogP contribution in [0.1, 0.15) is 27.9 Å². The summed E-state index contributed by atoms with van der Waals surface area (Å²) in [6, 6.07) is 3.38. The molecule has 0 amide bonds. The Morgan fingerprint density at radius 1 is 1.45 bits per heavy atom. The lowest BCUT2D eigenvalue weighted by molar-refractivity contribution is 0.0702. The Kier molecular flexibility index (Phi) is 6.60. The van der Waals surface area contributed by atoms with Crippen LogP contribution in [0, 0.1) is 0 Å². The number of thiophene rings is 1. The molecule has 114 valence electrons. The summed E-state index contributed by atoms with van der Waals surface area (Å²) in [6.45, 7) is 4.07. The van der Waals surface area contributed by atoms with Crippen molar-refractivity contribution >= 4 is 27.3 Å². The van der Waals surface area contributed by atoms with E-state index in [1.54, 1.807) is 12.1 Å². The second kappa shape index (κ2) is 7.72. The lowest BCUT2D eigenvalue weighted by Gasteiger charge is -2.17. The summed E-state index contributed by atoms with van der Waals surface area (Å²) in [5.74, 6) is -0.909. The Balaban J connectivity index is 2.26. The maximum atomic E-state index is 11.4. The number of aromatic carboxylic acids is 1. The Morgan fingerprint density at radius 2 is 2.15 bits per heavy atom. The quantitative estimate of drug-likeness (QED) is 0.668. The smallest absolute Gasteiger partial charge is 0.345 e. The highest BCUT2D eigenvalue weighted by atomic mass is 32.2. The van der Waals surface area contributed by atoms with Gasteiger partial charge < -0.3 is 10.4 Å². The standard InChI is InChI=1S/C12H20N2O4S2/c1-3-14(20(2,17)18)8-4-7-13-9-10-5-6-11(19-10)12(15)16/h5-6,13H,3-4,7-9H2,1-2H3,(H,15,16). The third-order valence-corrected chi connectivity index (χ3v) is 5.21. The number of sulfonamides is 1. The molecular weight excluding hydrogens is 300 g/mol. The minimum absolute atomic E-state index is 0.330. The zero-order valence-corrected chi connectivity index (χ0v) is 13.3. The fraction of sp³-hybridized carbons (Fsp3) is 0.583. The van der Waals surface area contributed by atoms with E-state index in [2.05, 4.69) is 5.32 Å². The molecule has 0 aromatic carbocycles. The number of rotatable bonds is 9. The largest absolute Gasteiger partial charge is 0.477 e. The zero-order chi connectivity index (χ0) is 15.2. The van der Waals surface area contributed by atoms with Crippen molar-refractivity contribution in [2.24, 2.45) is 0 Å². The highest BCUT2D eigenvalue weighted by molar-refractivity contribution is 7.88. The lowest BCUT2D eigenvalue weighted by atomic mass is 10.4. The van der Waals surface area contributed by atoms with Gasteiger partial charge in [-0.3, -0.25) is 0 Å². The van der Waals surface area contributed by atoms with Crippen LogP contribution in [0.4, 0.5) is 0 Å². The molecule has 0 fully saturated rings. The van der Waals surface area contributed by atoms with Gasteiger partial charge in [-0.25, -0.2) is 17.5 Å². The van der Waals surface area contributed by atoms with Crippen LogP contribution in [0.25, 0.3) is 0 Å². The molecule has 1 heterocycles. The van der Waals surface area contributed by atoms with Crippen molar-refractivity contribution in [2.45, 2.75) is 19.9 Å². The molecule has 0 aliphatic rings. The van der Waals surface area contributed by atoms with Crippen LogP contribution in [0.15, 0.2) is 12.1 Å². The van der Waals surface area contributed by atoms with Gasteiger partial charge in [0.15, 0.2) is 0 Å². The number of nitrogens with one attached hydrogen (secondary N) is 1. The molecule has 1 aromatic heterocycles. The summed E-state index contributed by atoms with van der Waals surface area (Å²) in [5, 5.41) is 12.0. The molecule has 0 spiro atoms. The van der Waals surface area contributed by atoms with Crippen molar-refractivity contribution in [1.29, 1.82) is 0 Å². The van der Waals surface area contributed by atoms with Gasteiger partial charge in [0, 0.05) is 24.5 Å². The topological polar surface area (TPSA) is 86.7 Å². The number of carbonyl (C=O) groups is 1. The molecule has 0 aliphatic carbocycles. The van der Waals surface area contributed by atoms with Gasteiger partial charge in [0.05, 0.1) is 6.26 Å². The van der Waals surface area contributed by atoms with Gasteiger partial charge in [0.1, 0.15) is 4.88 Å². The minimum atomic E-state index is -3.12. The molecule has 0 unspecified atom stereocenters. The fourth-order valence-corrected chi connectivity index (χ4v) is 3.48. The third kappa shape index (κ3) is 5.58. The van der Waals surface area contributed by atoms with E-state index in [1.165, 1.54) is 21.9 Å². The molecule has 2 N–H and O–H groups in total. The van der Waals surface area contributed by atoms with Crippen LogP contribution >= 0.6 is 11.3 Å². The first kappa shape index (κ1) is 17.1. The van der Waals surface area contributed by atoms with E-state index in [0.29, 0.717) is 31.1 Å². The summed E-state index contributed by atoms with van der Waals surface area (Å²) in [4.78, 5) is 12.0. The van der Waals surface area contributed by atoms with Crippen LogP contribution in [0.2, 0.25) is 0 Å². The lowest BCUT2D eigenvalue weighted by Crippen LogP contribution is -2.32. The summed E-state index contributed by atoms with van der Waals surface area (Å²) < 4.78 is 24.2. The predicted octanol–water partition coefficient (Wildman–Crippen LogP) is 1.21. The summed E-state index contributed by atoms with van der Waals surface area (Å²) >= 11 is 1.25. The SMILES string of the molecule is CCN(CCCNCc1ccc(C(=O)O)s1)S(C)(=O)=O. The second-order valence-electron chi connectivity index (χ2n) is 4.36. The number of carboxylic acid groups (broad SMARTS) is 1. The van der Waals surface area contributed by atoms with Crippen molar-refractivity contribution < 1.29 is 18.3 Å². The van der Waals surface area contributed by atoms with E-state index >= 15 is 0 Å². The molecule has 6 nitrogen and oxygen atoms in total. The summed E-state index contributed by atoms with van der Waals surface area (Å²) in [7, 11) is -3.12. The molecule has 0 bridgehead atoms. The summed E-state index contributed by atoms with van der Waals surface area (Å²) in [5.41, 5.74) is 0. The first-order valence-corrected chi connectivity index (χ1v) is 8.99. The molecule has 1 rings (SSSR count). The van der Waals surface area contributed by atoms with Gasteiger partial charge in [0.2, 0.25) is 10.0 Å².